The third-order valence-electron chi connectivity index (χ3n) is 6.78. The van der Waals surface area contributed by atoms with Crippen LogP contribution in [-0.2, 0) is 30.2 Å². The zero-order valence-electron chi connectivity index (χ0n) is 15.9. The number of carbonyl (C=O) groups is 2. The highest BCUT2D eigenvalue weighted by molar-refractivity contribution is 8.31. The number of benzene rings is 1. The van der Waals surface area contributed by atoms with Crippen LogP contribution < -0.4 is 9.47 Å². The number of fused-ring (bicyclic) bond motifs is 2. The van der Waals surface area contributed by atoms with Crippen LogP contribution in [0, 0.1) is 16.7 Å². The van der Waals surface area contributed by atoms with Gasteiger partial charge in [0.25, 0.3) is 11.8 Å². The van der Waals surface area contributed by atoms with E-state index in [2.05, 4.69) is 6.07 Å². The Hall–Kier alpha value is -2.22. The smallest absolute Gasteiger partial charge is 0.261 e. The van der Waals surface area contributed by atoms with Gasteiger partial charge in [0, 0.05) is 20.1 Å². The summed E-state index contributed by atoms with van der Waals surface area (Å²) in [6, 6.07) is 6.93. The van der Waals surface area contributed by atoms with Gasteiger partial charge in [0.2, 0.25) is 6.79 Å². The van der Waals surface area contributed by atoms with Gasteiger partial charge in [-0.05, 0) is 42.2 Å². The Morgan fingerprint density at radius 3 is 2.76 bits per heavy atom. The van der Waals surface area contributed by atoms with Gasteiger partial charge in [-0.1, -0.05) is 15.5 Å². The van der Waals surface area contributed by atoms with E-state index in [0.29, 0.717) is 17.1 Å². The van der Waals surface area contributed by atoms with E-state index < -0.39 is 30.7 Å². The Kier molecular flexibility index (Phi) is 3.68. The molecule has 0 aromatic heterocycles. The van der Waals surface area contributed by atoms with Crippen molar-refractivity contribution in [2.24, 2.45) is 5.41 Å². The van der Waals surface area contributed by atoms with Crippen molar-refractivity contribution >= 4 is 32.5 Å². The molecule has 5 rings (SSSR count). The topological polar surface area (TPSA) is 103 Å². The molecular formula is C19H19N3O5S2. The molecule has 4 aliphatic rings. The van der Waals surface area contributed by atoms with E-state index >= 15 is 0 Å². The number of nitriles is 1. The molecule has 0 saturated carbocycles. The summed E-state index contributed by atoms with van der Waals surface area (Å²) in [6.07, 6.45) is 0.252. The van der Waals surface area contributed by atoms with Crippen molar-refractivity contribution in [2.75, 3.05) is 20.4 Å². The average molecular weight is 434 g/mol. The largest absolute Gasteiger partial charge is 0.454 e. The van der Waals surface area contributed by atoms with Gasteiger partial charge < -0.3 is 24.4 Å². The molecule has 4 heterocycles. The second-order valence-electron chi connectivity index (χ2n) is 8.01. The third kappa shape index (κ3) is 1.89. The maximum absolute atomic E-state index is 13.6. The van der Waals surface area contributed by atoms with Gasteiger partial charge >= 0.3 is 0 Å². The van der Waals surface area contributed by atoms with Crippen LogP contribution in [0.1, 0.15) is 31.4 Å². The Morgan fingerprint density at radius 2 is 2.07 bits per heavy atom. The summed E-state index contributed by atoms with van der Waals surface area (Å²) in [5, 5.41) is 20.0. The fraction of sp³-hybridized carbons (Fsp3) is 0.526. The average Bonchev–Trinajstić information content (AvgIpc) is 3.37. The molecule has 0 radical (unpaired) electrons. The first-order valence-corrected chi connectivity index (χ1v) is 11.4. The third-order valence-corrected chi connectivity index (χ3v) is 10.9. The SMILES string of the molecule is CN1C(=O)C23C[C@@](C#N)(CCO)C(c4ccc5c(c4)OCO5)N2C(=O)C1(C)S3=S. The Morgan fingerprint density at radius 1 is 1.34 bits per heavy atom. The number of piperazine rings is 1. The molecule has 2 bridgehead atoms. The normalized spacial score (nSPS) is 39.2. The minimum atomic E-state index is -1.23. The molecule has 2 amide bonds. The quantitative estimate of drug-likeness (QED) is 0.743. The molecule has 1 N–H and O–H groups in total. The summed E-state index contributed by atoms with van der Waals surface area (Å²) in [4.78, 5) is 27.6. The summed E-state index contributed by atoms with van der Waals surface area (Å²) in [5.41, 5.74) is -0.460. The van der Waals surface area contributed by atoms with Gasteiger partial charge in [-0.15, -0.1) is 0 Å². The highest BCUT2D eigenvalue weighted by Crippen LogP contribution is 2.66. The zero-order valence-corrected chi connectivity index (χ0v) is 17.5. The van der Waals surface area contributed by atoms with Crippen molar-refractivity contribution in [3.63, 3.8) is 0 Å². The van der Waals surface area contributed by atoms with Crippen LogP contribution in [0.15, 0.2) is 18.2 Å². The van der Waals surface area contributed by atoms with E-state index in [4.69, 9.17) is 20.7 Å². The monoisotopic (exact) mass is 433 g/mol. The Balaban J connectivity index is 1.75. The second-order valence-corrected chi connectivity index (χ2v) is 11.0. The van der Waals surface area contributed by atoms with E-state index in [9.17, 15) is 20.0 Å². The molecule has 29 heavy (non-hydrogen) atoms. The predicted octanol–water partition coefficient (Wildman–Crippen LogP) is 0.559. The minimum Gasteiger partial charge on any atom is -0.454 e. The molecule has 3 fully saturated rings. The number of hydrogen-bond donors (Lipinski definition) is 1. The standard InChI is InChI=1S/C19H19N3O5S2/c1-17-15(24)22-14(11-3-4-12-13(7-11)27-10-26-12)18(9-20,5-6-23)8-19(22,29(17)28)16(25)21(17)2/h3-4,7,14,23H,5-6,8,10H2,1-2H3/t14?,17?,18-,19?,29?/m1/s1. The van der Waals surface area contributed by atoms with Crippen molar-refractivity contribution in [2.45, 2.75) is 35.5 Å². The first-order chi connectivity index (χ1) is 13.8. The van der Waals surface area contributed by atoms with Crippen LogP contribution in [0.2, 0.25) is 0 Å². The molecule has 1 aromatic rings. The lowest BCUT2D eigenvalue weighted by atomic mass is 9.75. The fourth-order valence-corrected chi connectivity index (χ4v) is 8.73. The molecular weight excluding hydrogens is 414 g/mol. The van der Waals surface area contributed by atoms with Gasteiger partial charge in [0.15, 0.2) is 21.2 Å². The first-order valence-electron chi connectivity index (χ1n) is 9.23. The number of hydrogen-bond acceptors (Lipinski definition) is 7. The summed E-state index contributed by atoms with van der Waals surface area (Å²) in [6.45, 7) is 1.58. The van der Waals surface area contributed by atoms with Crippen LogP contribution in [0.25, 0.3) is 0 Å². The molecule has 3 saturated heterocycles. The van der Waals surface area contributed by atoms with Gasteiger partial charge in [0.05, 0.1) is 17.5 Å². The van der Waals surface area contributed by atoms with E-state index in [1.807, 2.05) is 0 Å². The summed E-state index contributed by atoms with van der Waals surface area (Å²) < 4.78 is 10.9. The van der Waals surface area contributed by atoms with Crippen molar-refractivity contribution in [1.82, 2.24) is 9.80 Å². The van der Waals surface area contributed by atoms with Gasteiger partial charge in [-0.3, -0.25) is 9.59 Å². The maximum atomic E-state index is 13.6. The number of aliphatic hydroxyl groups excluding tert-OH is 1. The van der Waals surface area contributed by atoms with Crippen LogP contribution in [-0.4, -0.2) is 56.9 Å². The number of carbonyl (C=O) groups excluding carboxylic acids is 2. The van der Waals surface area contributed by atoms with Crippen LogP contribution in [0.5, 0.6) is 11.5 Å². The Bertz CT molecular complexity index is 1040. The number of amides is 2. The Labute approximate surface area is 174 Å². The van der Waals surface area contributed by atoms with E-state index in [-0.39, 0.29) is 38.1 Å². The minimum absolute atomic E-state index is 0.104. The van der Waals surface area contributed by atoms with Crippen molar-refractivity contribution < 1.29 is 24.2 Å². The van der Waals surface area contributed by atoms with E-state index in [1.165, 1.54) is 4.90 Å². The molecule has 152 valence electrons. The first kappa shape index (κ1) is 18.8. The molecule has 4 aliphatic heterocycles. The molecule has 4 unspecified atom stereocenters. The lowest BCUT2D eigenvalue weighted by Crippen LogP contribution is -2.60. The van der Waals surface area contributed by atoms with Crippen molar-refractivity contribution in [1.29, 1.82) is 5.26 Å². The van der Waals surface area contributed by atoms with Crippen molar-refractivity contribution in [3.05, 3.63) is 23.8 Å². The fourth-order valence-electron chi connectivity index (χ4n) is 5.25. The summed E-state index contributed by atoms with van der Waals surface area (Å²) in [5.74, 6) is 0.656. The van der Waals surface area contributed by atoms with Crippen molar-refractivity contribution in [3.8, 4) is 17.6 Å². The second kappa shape index (κ2) is 5.68. The number of ether oxygens (including phenoxy) is 2. The molecule has 8 nitrogen and oxygen atoms in total. The van der Waals surface area contributed by atoms with Gasteiger partial charge in [-0.25, -0.2) is 0 Å². The van der Waals surface area contributed by atoms with E-state index in [1.54, 1.807) is 37.1 Å². The number of rotatable bonds is 3. The summed E-state index contributed by atoms with van der Waals surface area (Å²) >= 11 is 5.79. The van der Waals surface area contributed by atoms with Crippen LogP contribution in [0.4, 0.5) is 0 Å². The highest BCUT2D eigenvalue weighted by Gasteiger charge is 2.81. The molecule has 10 heteroatoms. The lowest BCUT2D eigenvalue weighted by Gasteiger charge is -2.40. The van der Waals surface area contributed by atoms with Gasteiger partial charge in [-0.2, -0.15) is 5.26 Å². The lowest BCUT2D eigenvalue weighted by molar-refractivity contribution is -0.159. The predicted molar refractivity (Wildman–Crippen MR) is 105 cm³/mol. The molecule has 1 aromatic carbocycles. The van der Waals surface area contributed by atoms with Crippen LogP contribution >= 0.6 is 0 Å². The number of nitrogens with zero attached hydrogens (tertiary/aromatic N) is 3. The molecule has 0 aliphatic carbocycles. The van der Waals surface area contributed by atoms with E-state index in [0.717, 1.165) is 0 Å². The van der Waals surface area contributed by atoms with Gasteiger partial charge in [0.1, 0.15) is 0 Å². The molecule has 5 atom stereocenters. The summed E-state index contributed by atoms with van der Waals surface area (Å²) in [7, 11) is 0.572. The highest BCUT2D eigenvalue weighted by atomic mass is 32.8. The molecule has 1 spiro atoms. The maximum Gasteiger partial charge on any atom is 0.261 e. The van der Waals surface area contributed by atoms with Crippen LogP contribution in [0.3, 0.4) is 0 Å². The number of likely N-dealkylation sites (N-methyl/N-ethyl adjacent to an activating group) is 1. The number of aliphatic hydroxyl groups is 1. The zero-order chi connectivity index (χ0) is 20.8.